The van der Waals surface area contributed by atoms with Crippen molar-refractivity contribution in [3.8, 4) is 0 Å². The highest BCUT2D eigenvalue weighted by Gasteiger charge is 2.18. The first-order valence-corrected chi connectivity index (χ1v) is 8.39. The molecule has 0 amide bonds. The van der Waals surface area contributed by atoms with Gasteiger partial charge < -0.3 is 4.40 Å². The molecule has 1 heteroatoms. The van der Waals surface area contributed by atoms with Gasteiger partial charge in [-0.1, -0.05) is 60.2 Å². The Morgan fingerprint density at radius 1 is 0.625 bits per heavy atom. The molecule has 0 N–H and O–H groups in total. The van der Waals surface area contributed by atoms with Crippen molar-refractivity contribution in [2.24, 2.45) is 0 Å². The molecule has 1 nitrogen and oxygen atoms in total. The largest absolute Gasteiger partial charge is 0.308 e. The zero-order valence-corrected chi connectivity index (χ0v) is 13.4. The second-order valence-corrected chi connectivity index (χ2v) is 6.74. The molecule has 0 radical (unpaired) electrons. The summed E-state index contributed by atoms with van der Waals surface area (Å²) in [5.74, 6) is 0. The van der Waals surface area contributed by atoms with Gasteiger partial charge in [0, 0.05) is 21.5 Å². The van der Waals surface area contributed by atoms with Crippen molar-refractivity contribution in [2.75, 3.05) is 0 Å². The summed E-state index contributed by atoms with van der Waals surface area (Å²) in [5, 5.41) is 8.08. The van der Waals surface area contributed by atoms with Gasteiger partial charge in [-0.3, -0.25) is 0 Å². The summed E-state index contributed by atoms with van der Waals surface area (Å²) in [6.45, 7) is 2.17. The second-order valence-electron chi connectivity index (χ2n) is 6.74. The molecular weight excluding hydrogens is 290 g/mol. The quantitative estimate of drug-likeness (QED) is 0.310. The Bertz CT molecular complexity index is 1400. The van der Waals surface area contributed by atoms with Gasteiger partial charge in [-0.2, -0.15) is 0 Å². The maximum absolute atomic E-state index is 2.45. The molecule has 6 aromatic rings. The molecule has 0 saturated carbocycles. The fourth-order valence-corrected chi connectivity index (χ4v) is 4.36. The zero-order chi connectivity index (χ0) is 15.8. The van der Waals surface area contributed by atoms with E-state index < -0.39 is 0 Å². The van der Waals surface area contributed by atoms with E-state index in [9.17, 15) is 0 Å². The number of fused-ring (bicyclic) bond motifs is 8. The topological polar surface area (TPSA) is 4.41 Å². The Kier molecular flexibility index (Phi) is 2.10. The number of hydrogen-bond acceptors (Lipinski definition) is 0. The van der Waals surface area contributed by atoms with Crippen LogP contribution >= 0.6 is 0 Å². The molecule has 0 atom stereocenters. The van der Waals surface area contributed by atoms with Crippen LogP contribution in [0.1, 0.15) is 5.56 Å². The first kappa shape index (κ1) is 12.4. The van der Waals surface area contributed by atoms with Crippen molar-refractivity contribution < 1.29 is 0 Å². The lowest BCUT2D eigenvalue weighted by atomic mass is 10.0. The maximum Gasteiger partial charge on any atom is 0.0620 e. The monoisotopic (exact) mass is 305 g/mol. The molecule has 4 aromatic carbocycles. The van der Waals surface area contributed by atoms with Crippen LogP contribution in [0, 0.1) is 6.92 Å². The smallest absolute Gasteiger partial charge is 0.0620 e. The van der Waals surface area contributed by atoms with Gasteiger partial charge in [-0.25, -0.2) is 0 Å². The lowest BCUT2D eigenvalue weighted by molar-refractivity contribution is 1.36. The number of para-hydroxylation sites is 1. The van der Waals surface area contributed by atoms with Crippen LogP contribution in [0.25, 0.3) is 48.9 Å². The third kappa shape index (κ3) is 1.32. The molecule has 0 spiro atoms. The van der Waals surface area contributed by atoms with E-state index in [0.717, 1.165) is 0 Å². The lowest BCUT2D eigenvalue weighted by Gasteiger charge is -2.02. The predicted molar refractivity (Wildman–Crippen MR) is 103 cm³/mol. The normalized spacial score (nSPS) is 12.4. The summed E-state index contributed by atoms with van der Waals surface area (Å²) >= 11 is 0. The predicted octanol–water partition coefficient (Wildman–Crippen LogP) is 6.30. The van der Waals surface area contributed by atoms with Crippen LogP contribution in [-0.4, -0.2) is 4.40 Å². The lowest BCUT2D eigenvalue weighted by Crippen LogP contribution is -1.81. The van der Waals surface area contributed by atoms with Crippen LogP contribution in [0.4, 0.5) is 0 Å². The molecule has 0 aliphatic carbocycles. The molecule has 0 unspecified atom stereocenters. The molecule has 112 valence electrons. The second kappa shape index (κ2) is 4.07. The van der Waals surface area contributed by atoms with Gasteiger partial charge in [0.15, 0.2) is 0 Å². The summed E-state index contributed by atoms with van der Waals surface area (Å²) in [7, 11) is 0. The average molecular weight is 305 g/mol. The molecule has 6 rings (SSSR count). The Morgan fingerprint density at radius 3 is 2.38 bits per heavy atom. The van der Waals surface area contributed by atoms with Gasteiger partial charge in [0.1, 0.15) is 0 Å². The minimum atomic E-state index is 1.30. The molecule has 24 heavy (non-hydrogen) atoms. The van der Waals surface area contributed by atoms with Crippen LogP contribution < -0.4 is 0 Å². The van der Waals surface area contributed by atoms with E-state index in [0.29, 0.717) is 0 Å². The average Bonchev–Trinajstić information content (AvgIpc) is 3.13. The number of benzene rings is 4. The molecule has 0 fully saturated rings. The summed E-state index contributed by atoms with van der Waals surface area (Å²) in [5.41, 5.74) is 5.27. The first-order chi connectivity index (χ1) is 11.8. The summed E-state index contributed by atoms with van der Waals surface area (Å²) < 4.78 is 2.45. The van der Waals surface area contributed by atoms with E-state index >= 15 is 0 Å². The standard InChI is InChI=1S/C23H15N/c1-14-9-11-20-19(13-14)17-7-4-8-18-22-16-6-3-2-5-15(16)10-12-21(22)24(20)23(17)18/h2-13H,1H3. The Balaban J connectivity index is 2.04. The minimum Gasteiger partial charge on any atom is -0.308 e. The van der Waals surface area contributed by atoms with E-state index in [1.807, 2.05) is 0 Å². The molecule has 0 aliphatic rings. The Hall–Kier alpha value is -3.06. The fourth-order valence-electron chi connectivity index (χ4n) is 4.36. The number of rotatable bonds is 0. The number of aromatic nitrogens is 1. The van der Waals surface area contributed by atoms with Gasteiger partial charge in [0.05, 0.1) is 16.6 Å². The summed E-state index contributed by atoms with van der Waals surface area (Å²) in [6.07, 6.45) is 0. The minimum absolute atomic E-state index is 1.30. The van der Waals surface area contributed by atoms with E-state index in [-0.39, 0.29) is 0 Å². The summed E-state index contributed by atoms with van der Waals surface area (Å²) in [4.78, 5) is 0. The van der Waals surface area contributed by atoms with Crippen molar-refractivity contribution in [3.63, 3.8) is 0 Å². The molecular formula is C23H15N. The van der Waals surface area contributed by atoms with E-state index in [1.165, 1.54) is 54.4 Å². The van der Waals surface area contributed by atoms with Crippen LogP contribution in [0.15, 0.2) is 72.8 Å². The van der Waals surface area contributed by atoms with Crippen molar-refractivity contribution in [2.45, 2.75) is 6.92 Å². The van der Waals surface area contributed by atoms with Gasteiger partial charge in [0.2, 0.25) is 0 Å². The van der Waals surface area contributed by atoms with Gasteiger partial charge in [0.25, 0.3) is 0 Å². The Morgan fingerprint density at radius 2 is 1.42 bits per heavy atom. The third-order valence-corrected chi connectivity index (χ3v) is 5.36. The van der Waals surface area contributed by atoms with Crippen molar-refractivity contribution in [1.82, 2.24) is 4.40 Å². The van der Waals surface area contributed by atoms with Gasteiger partial charge in [-0.05, 0) is 35.9 Å². The highest BCUT2D eigenvalue weighted by Crippen LogP contribution is 2.41. The maximum atomic E-state index is 2.45. The number of aryl methyl sites for hydroxylation is 1. The van der Waals surface area contributed by atoms with Crippen LogP contribution in [-0.2, 0) is 0 Å². The molecule has 2 heterocycles. The zero-order valence-electron chi connectivity index (χ0n) is 13.4. The molecule has 2 aromatic heterocycles. The molecule has 0 bridgehead atoms. The van der Waals surface area contributed by atoms with E-state index in [4.69, 9.17) is 0 Å². The number of nitrogens with zero attached hydrogens (tertiary/aromatic N) is 1. The molecule has 0 aliphatic heterocycles. The fraction of sp³-hybridized carbons (Fsp3) is 0.0435. The first-order valence-electron chi connectivity index (χ1n) is 8.39. The SMILES string of the molecule is Cc1ccc2c(c1)c1cccc3c4c5ccccc5ccc4n2c13. The number of hydrogen-bond donors (Lipinski definition) is 0. The van der Waals surface area contributed by atoms with E-state index in [2.05, 4.69) is 84.1 Å². The van der Waals surface area contributed by atoms with Crippen molar-refractivity contribution in [3.05, 3.63) is 78.4 Å². The van der Waals surface area contributed by atoms with Crippen molar-refractivity contribution in [1.29, 1.82) is 0 Å². The van der Waals surface area contributed by atoms with Crippen molar-refractivity contribution >= 4 is 48.9 Å². The van der Waals surface area contributed by atoms with E-state index in [1.54, 1.807) is 0 Å². The molecule has 0 saturated heterocycles. The third-order valence-electron chi connectivity index (χ3n) is 5.36. The highest BCUT2D eigenvalue weighted by atomic mass is 14.9. The highest BCUT2D eigenvalue weighted by molar-refractivity contribution is 6.28. The van der Waals surface area contributed by atoms with Gasteiger partial charge in [-0.15, -0.1) is 0 Å². The van der Waals surface area contributed by atoms with Gasteiger partial charge >= 0.3 is 0 Å². The van der Waals surface area contributed by atoms with Crippen LogP contribution in [0.5, 0.6) is 0 Å². The van der Waals surface area contributed by atoms with Crippen LogP contribution in [0.3, 0.4) is 0 Å². The summed E-state index contributed by atoms with van der Waals surface area (Å²) in [6, 6.07) is 26.7. The Labute approximate surface area is 139 Å². The van der Waals surface area contributed by atoms with Crippen LogP contribution in [0.2, 0.25) is 0 Å².